The molecule has 5 heterocycles. The van der Waals surface area contributed by atoms with Gasteiger partial charge in [0.15, 0.2) is 10.8 Å². The van der Waals surface area contributed by atoms with Gasteiger partial charge in [-0.3, -0.25) is 14.5 Å². The Bertz CT molecular complexity index is 1540. The van der Waals surface area contributed by atoms with Crippen molar-refractivity contribution < 1.29 is 69.8 Å². The minimum absolute atomic E-state index is 0. The van der Waals surface area contributed by atoms with Crippen LogP contribution in [0, 0.1) is 0 Å². The fourth-order valence-corrected chi connectivity index (χ4v) is 6.03. The van der Waals surface area contributed by atoms with Crippen molar-refractivity contribution >= 4 is 63.3 Å². The normalized spacial score (nSPS) is 18.7. The molecular weight excluding hydrogens is 561 g/mol. The van der Waals surface area contributed by atoms with Gasteiger partial charge in [-0.25, -0.2) is 23.5 Å². The second-order valence-corrected chi connectivity index (χ2v) is 10.2. The number of aromatic nitrogens is 3. The molecule has 2 aliphatic heterocycles. The van der Waals surface area contributed by atoms with Gasteiger partial charge in [-0.1, -0.05) is 11.2 Å². The van der Waals surface area contributed by atoms with E-state index in [1.165, 1.54) is 22.0 Å². The minimum atomic E-state index is -1.30. The van der Waals surface area contributed by atoms with Crippen molar-refractivity contribution in [3.63, 3.8) is 0 Å². The summed E-state index contributed by atoms with van der Waals surface area (Å²) < 4.78 is 3.79. The molecule has 0 unspecified atom stereocenters. The van der Waals surface area contributed by atoms with E-state index in [1.807, 2.05) is 45.8 Å². The quantitative estimate of drug-likeness (QED) is 0.0651. The number of carboxylic acid groups (broad SMARTS) is 2. The largest absolute Gasteiger partial charge is 1.00 e. The number of hydrogen-bond donors (Lipinski definition) is 4. The topological polar surface area (TPSA) is 193 Å². The Labute approximate surface area is 251 Å². The van der Waals surface area contributed by atoms with Crippen LogP contribution in [0.1, 0.15) is 7.12 Å². The summed E-state index contributed by atoms with van der Waals surface area (Å²) >= 11 is 2.36. The third-order valence-electron chi connectivity index (χ3n) is 5.79. The molecule has 17 heteroatoms. The fourth-order valence-electron chi connectivity index (χ4n) is 4.15. The zero-order valence-electron chi connectivity index (χ0n) is 21.4. The van der Waals surface area contributed by atoms with Crippen molar-refractivity contribution in [3.05, 3.63) is 59.1 Å². The number of β-lactam (4-membered cyclic amide) rings is 1. The van der Waals surface area contributed by atoms with Crippen LogP contribution in [-0.4, -0.2) is 77.7 Å². The van der Waals surface area contributed by atoms with Crippen LogP contribution in [0.25, 0.3) is 5.65 Å². The van der Waals surface area contributed by atoms with Crippen LogP contribution >= 0.6 is 23.1 Å². The second kappa shape index (κ2) is 11.7. The molecule has 0 aliphatic carbocycles. The zero-order chi connectivity index (χ0) is 27.0. The summed E-state index contributed by atoms with van der Waals surface area (Å²) in [7, 11) is 0. The molecule has 1 saturated heterocycles. The second-order valence-electron chi connectivity index (χ2n) is 8.19. The summed E-state index contributed by atoms with van der Waals surface area (Å²) in [5, 5.41) is 25.8. The van der Waals surface area contributed by atoms with Crippen LogP contribution < -0.4 is 45.2 Å². The number of oxime groups is 1. The predicted octanol–water partition coefficient (Wildman–Crippen LogP) is -3.37. The van der Waals surface area contributed by atoms with Gasteiger partial charge in [-0.2, -0.15) is 0 Å². The standard InChI is InChI=1S/C22H19N7O7S2.Na.H/c23-22-24-12(10-38-22)15(26-36-8-14(30)31)18(32)25-16-19(33)29-17(21(34)35)11(9-37-20(16)29)7-28-6-5-27-4-2-1-3-13(27)28;;/h1-6,10,16,20H,7-9H2,(H4-,23,24,25,30,31,32,34,35);;/q;+1;-1/p+1/b26-15+;;/t16-,20-;;/m1../s1. The Morgan fingerprint density at radius 1 is 1.31 bits per heavy atom. The number of rotatable bonds is 9. The number of nitrogens with one attached hydrogen (secondary N) is 1. The number of thioether (sulfide) groups is 1. The Morgan fingerprint density at radius 2 is 2.10 bits per heavy atom. The summed E-state index contributed by atoms with van der Waals surface area (Å²) in [4.78, 5) is 58.9. The van der Waals surface area contributed by atoms with E-state index in [1.54, 1.807) is 0 Å². The first-order valence-corrected chi connectivity index (χ1v) is 13.0. The maximum Gasteiger partial charge on any atom is 1.00 e. The van der Waals surface area contributed by atoms with Crippen molar-refractivity contribution in [1.29, 1.82) is 0 Å². The number of nitrogens with zero attached hydrogens (tertiary/aromatic N) is 5. The summed E-state index contributed by atoms with van der Waals surface area (Å²) in [5.41, 5.74) is 6.62. The number of aliphatic carboxylic acids is 2. The predicted molar refractivity (Wildman–Crippen MR) is 135 cm³/mol. The molecule has 2 atom stereocenters. The molecule has 2 amide bonds. The molecule has 5 N–H and O–H groups in total. The van der Waals surface area contributed by atoms with E-state index in [9.17, 15) is 24.3 Å². The summed E-state index contributed by atoms with van der Waals surface area (Å²) in [6.45, 7) is -0.526. The van der Waals surface area contributed by atoms with Crippen LogP contribution in [0.3, 0.4) is 0 Å². The number of anilines is 1. The van der Waals surface area contributed by atoms with Gasteiger partial charge < -0.3 is 27.5 Å². The van der Waals surface area contributed by atoms with Gasteiger partial charge in [0.2, 0.25) is 6.61 Å². The molecular formula is C22H21N7NaO7S2+. The Kier molecular flexibility index (Phi) is 8.60. The van der Waals surface area contributed by atoms with Crippen LogP contribution in [-0.2, 0) is 30.6 Å². The molecule has 5 rings (SSSR count). The number of amides is 2. The van der Waals surface area contributed by atoms with Crippen LogP contribution in [0.5, 0.6) is 0 Å². The maximum atomic E-state index is 13.1. The minimum Gasteiger partial charge on any atom is -1.00 e. The molecule has 2 aliphatic rings. The Balaban J connectivity index is 0.00000220. The van der Waals surface area contributed by atoms with Crippen LogP contribution in [0.2, 0.25) is 0 Å². The van der Waals surface area contributed by atoms with E-state index >= 15 is 0 Å². The van der Waals surface area contributed by atoms with E-state index in [-0.39, 0.29) is 59.8 Å². The van der Waals surface area contributed by atoms with Crippen molar-refractivity contribution in [2.75, 3.05) is 18.1 Å². The maximum absolute atomic E-state index is 13.1. The Hall–Kier alpha value is -3.44. The van der Waals surface area contributed by atoms with Gasteiger partial charge in [-0.15, -0.1) is 23.1 Å². The first-order valence-electron chi connectivity index (χ1n) is 11.0. The number of carbonyl (C=O) groups is 4. The molecule has 0 saturated carbocycles. The number of carboxylic acids is 2. The summed E-state index contributed by atoms with van der Waals surface area (Å²) in [5.74, 6) is -3.66. The van der Waals surface area contributed by atoms with Crippen LogP contribution in [0.4, 0.5) is 5.13 Å². The van der Waals surface area contributed by atoms with E-state index in [2.05, 4.69) is 15.5 Å². The number of imidazole rings is 1. The van der Waals surface area contributed by atoms with Gasteiger partial charge in [0.1, 0.15) is 41.7 Å². The van der Waals surface area contributed by atoms with E-state index in [0.29, 0.717) is 11.3 Å². The van der Waals surface area contributed by atoms with Gasteiger partial charge in [0, 0.05) is 22.8 Å². The van der Waals surface area contributed by atoms with Crippen LogP contribution in [0.15, 0.2) is 58.6 Å². The number of nitrogens with two attached hydrogens (primary N) is 1. The Morgan fingerprint density at radius 3 is 2.79 bits per heavy atom. The van der Waals surface area contributed by atoms with E-state index < -0.39 is 41.8 Å². The number of carbonyl (C=O) groups excluding carboxylic acids is 2. The first-order chi connectivity index (χ1) is 18.2. The SMILES string of the molecule is Nc1nc(/C(=N\OCC(=O)O)C(=O)N[C@@H]2C(=O)N3C(C(=O)O)=C(C[n+]4ccn5ccccc54)CS[C@H]23)cs1.[H-].[Na+]. The van der Waals surface area contributed by atoms with Gasteiger partial charge in [-0.05, 0) is 6.07 Å². The first kappa shape index (κ1) is 28.6. The number of thiazole rings is 1. The van der Waals surface area contributed by atoms with Crippen molar-refractivity contribution in [2.24, 2.45) is 5.16 Å². The van der Waals surface area contributed by atoms with E-state index in [4.69, 9.17) is 15.7 Å². The molecule has 3 aromatic heterocycles. The van der Waals surface area contributed by atoms with Gasteiger partial charge in [0.25, 0.3) is 17.5 Å². The molecule has 0 spiro atoms. The average molecular weight is 583 g/mol. The van der Waals surface area contributed by atoms with Gasteiger partial charge in [0.05, 0.1) is 6.20 Å². The molecule has 1 fully saturated rings. The monoisotopic (exact) mass is 582 g/mol. The zero-order valence-corrected chi connectivity index (χ0v) is 24.0. The third kappa shape index (κ3) is 5.65. The molecule has 14 nitrogen and oxygen atoms in total. The molecule has 39 heavy (non-hydrogen) atoms. The van der Waals surface area contributed by atoms with Crippen molar-refractivity contribution in [3.8, 4) is 0 Å². The molecule has 0 bridgehead atoms. The van der Waals surface area contributed by atoms with Gasteiger partial charge >= 0.3 is 41.5 Å². The third-order valence-corrected chi connectivity index (χ3v) is 7.80. The summed E-state index contributed by atoms with van der Waals surface area (Å²) in [6, 6.07) is 4.62. The molecule has 0 aromatic carbocycles. The molecule has 198 valence electrons. The number of fused-ring (bicyclic) bond motifs is 2. The molecule has 3 aromatic rings. The number of nitrogen functional groups attached to an aromatic ring is 1. The molecule has 0 radical (unpaired) electrons. The number of pyridine rings is 1. The van der Waals surface area contributed by atoms with Crippen molar-refractivity contribution in [2.45, 2.75) is 18.0 Å². The van der Waals surface area contributed by atoms with E-state index in [0.717, 1.165) is 17.0 Å². The summed E-state index contributed by atoms with van der Waals surface area (Å²) in [6.07, 6.45) is 5.56. The smallest absolute Gasteiger partial charge is 1.00 e. The number of hydrogen-bond acceptors (Lipinski definition) is 10. The fraction of sp³-hybridized carbons (Fsp3) is 0.227. The average Bonchev–Trinajstić information content (AvgIpc) is 3.50. The van der Waals surface area contributed by atoms with Crippen molar-refractivity contribution in [1.82, 2.24) is 19.6 Å².